The van der Waals surface area contributed by atoms with Crippen molar-refractivity contribution in [3.05, 3.63) is 16.5 Å². The van der Waals surface area contributed by atoms with E-state index in [1.165, 1.54) is 0 Å². The van der Waals surface area contributed by atoms with Crippen molar-refractivity contribution in [2.24, 2.45) is 0 Å². The first-order valence-corrected chi connectivity index (χ1v) is 7.89. The maximum absolute atomic E-state index is 5.22. The van der Waals surface area contributed by atoms with Crippen molar-refractivity contribution in [2.75, 3.05) is 25.2 Å². The SMILES string of the molecule is CCC(C)N(CCOC)c1cc(Br)nc(C(C)(C)C)n1. The van der Waals surface area contributed by atoms with Crippen molar-refractivity contribution in [3.63, 3.8) is 0 Å². The Hall–Kier alpha value is -0.680. The molecule has 1 aromatic heterocycles. The van der Waals surface area contributed by atoms with Crippen LogP contribution in [0.25, 0.3) is 0 Å². The minimum absolute atomic E-state index is 0.0685. The van der Waals surface area contributed by atoms with Crippen molar-refractivity contribution in [1.29, 1.82) is 0 Å². The molecular formula is C15H26BrN3O. The topological polar surface area (TPSA) is 38.2 Å². The molecule has 0 aliphatic carbocycles. The average Bonchev–Trinajstić information content (AvgIpc) is 2.37. The van der Waals surface area contributed by atoms with Gasteiger partial charge in [-0.3, -0.25) is 0 Å². The molecule has 0 saturated carbocycles. The number of hydrogen-bond acceptors (Lipinski definition) is 4. The van der Waals surface area contributed by atoms with E-state index in [1.54, 1.807) is 7.11 Å². The minimum atomic E-state index is -0.0685. The summed E-state index contributed by atoms with van der Waals surface area (Å²) in [5.41, 5.74) is -0.0685. The number of aromatic nitrogens is 2. The van der Waals surface area contributed by atoms with Gasteiger partial charge in [-0.2, -0.15) is 0 Å². The van der Waals surface area contributed by atoms with Gasteiger partial charge in [0.2, 0.25) is 0 Å². The van der Waals surface area contributed by atoms with Gasteiger partial charge in [0.25, 0.3) is 0 Å². The van der Waals surface area contributed by atoms with E-state index < -0.39 is 0 Å². The third kappa shape index (κ3) is 4.70. The van der Waals surface area contributed by atoms with Gasteiger partial charge >= 0.3 is 0 Å². The zero-order valence-electron chi connectivity index (χ0n) is 13.4. The molecule has 114 valence electrons. The van der Waals surface area contributed by atoms with Crippen LogP contribution in [-0.2, 0) is 10.2 Å². The van der Waals surface area contributed by atoms with Crippen LogP contribution in [0.1, 0.15) is 46.9 Å². The predicted octanol–water partition coefficient (Wildman–Crippen LogP) is 3.79. The fourth-order valence-electron chi connectivity index (χ4n) is 1.86. The van der Waals surface area contributed by atoms with Gasteiger partial charge in [-0.15, -0.1) is 0 Å². The highest BCUT2D eigenvalue weighted by Crippen LogP contribution is 2.25. The summed E-state index contributed by atoms with van der Waals surface area (Å²) in [5, 5.41) is 0. The molecule has 0 fully saturated rings. The lowest BCUT2D eigenvalue weighted by Crippen LogP contribution is -2.36. The lowest BCUT2D eigenvalue weighted by atomic mass is 9.96. The molecule has 1 unspecified atom stereocenters. The quantitative estimate of drug-likeness (QED) is 0.736. The van der Waals surface area contributed by atoms with Crippen LogP contribution in [0.2, 0.25) is 0 Å². The number of rotatable bonds is 6. The third-order valence-corrected chi connectivity index (χ3v) is 3.71. The van der Waals surface area contributed by atoms with Gasteiger partial charge in [-0.05, 0) is 29.3 Å². The molecule has 4 nitrogen and oxygen atoms in total. The van der Waals surface area contributed by atoms with Crippen LogP contribution in [0.5, 0.6) is 0 Å². The number of nitrogens with zero attached hydrogens (tertiary/aromatic N) is 3. The predicted molar refractivity (Wildman–Crippen MR) is 87.4 cm³/mol. The standard InChI is InChI=1S/C15H26BrN3O/c1-7-11(2)19(8-9-20-6)13-10-12(16)17-14(18-13)15(3,4)5/h10-11H,7-9H2,1-6H3. The van der Waals surface area contributed by atoms with Gasteiger partial charge in [0.15, 0.2) is 0 Å². The van der Waals surface area contributed by atoms with Crippen LogP contribution >= 0.6 is 15.9 Å². The van der Waals surface area contributed by atoms with Crippen molar-refractivity contribution in [2.45, 2.75) is 52.5 Å². The zero-order chi connectivity index (χ0) is 15.3. The summed E-state index contributed by atoms with van der Waals surface area (Å²) >= 11 is 3.50. The van der Waals surface area contributed by atoms with E-state index in [4.69, 9.17) is 9.72 Å². The lowest BCUT2D eigenvalue weighted by Gasteiger charge is -2.30. The van der Waals surface area contributed by atoms with Gasteiger partial charge in [-0.25, -0.2) is 9.97 Å². The molecular weight excluding hydrogens is 318 g/mol. The Balaban J connectivity index is 3.15. The second kappa shape index (κ2) is 7.36. The van der Waals surface area contributed by atoms with Crippen molar-refractivity contribution in [3.8, 4) is 0 Å². The molecule has 0 amide bonds. The largest absolute Gasteiger partial charge is 0.383 e. The monoisotopic (exact) mass is 343 g/mol. The van der Waals surface area contributed by atoms with Crippen molar-refractivity contribution < 1.29 is 4.74 Å². The van der Waals surface area contributed by atoms with Crippen LogP contribution < -0.4 is 4.90 Å². The first-order valence-electron chi connectivity index (χ1n) is 7.10. The first kappa shape index (κ1) is 17.4. The number of anilines is 1. The Morgan fingerprint density at radius 3 is 2.50 bits per heavy atom. The maximum Gasteiger partial charge on any atom is 0.137 e. The molecule has 0 aliphatic heterocycles. The van der Waals surface area contributed by atoms with Crippen LogP contribution in [-0.4, -0.2) is 36.3 Å². The number of hydrogen-bond donors (Lipinski definition) is 0. The van der Waals surface area contributed by atoms with Gasteiger partial charge in [0.1, 0.15) is 16.2 Å². The fraction of sp³-hybridized carbons (Fsp3) is 0.733. The summed E-state index contributed by atoms with van der Waals surface area (Å²) in [7, 11) is 1.73. The van der Waals surface area contributed by atoms with Crippen LogP contribution in [0, 0.1) is 0 Å². The van der Waals surface area contributed by atoms with E-state index in [9.17, 15) is 0 Å². The molecule has 1 rings (SSSR count). The minimum Gasteiger partial charge on any atom is -0.383 e. The van der Waals surface area contributed by atoms with Crippen molar-refractivity contribution in [1.82, 2.24) is 9.97 Å². The normalized spacial score (nSPS) is 13.3. The number of methoxy groups -OCH3 is 1. The summed E-state index contributed by atoms with van der Waals surface area (Å²) < 4.78 is 6.05. The molecule has 0 radical (unpaired) electrons. The highest BCUT2D eigenvalue weighted by atomic mass is 79.9. The summed E-state index contributed by atoms with van der Waals surface area (Å²) in [6.45, 7) is 12.3. The highest BCUT2D eigenvalue weighted by molar-refractivity contribution is 9.10. The molecule has 20 heavy (non-hydrogen) atoms. The Morgan fingerprint density at radius 2 is 2.00 bits per heavy atom. The molecule has 0 saturated heterocycles. The Morgan fingerprint density at radius 1 is 1.35 bits per heavy atom. The van der Waals surface area contributed by atoms with E-state index in [-0.39, 0.29) is 5.41 Å². The van der Waals surface area contributed by atoms with Gasteiger partial charge < -0.3 is 9.64 Å². The average molecular weight is 344 g/mol. The second-order valence-corrected chi connectivity index (χ2v) is 6.88. The lowest BCUT2D eigenvalue weighted by molar-refractivity contribution is 0.203. The molecule has 0 aromatic carbocycles. The van der Waals surface area contributed by atoms with E-state index in [0.29, 0.717) is 12.6 Å². The molecule has 1 aromatic rings. The summed E-state index contributed by atoms with van der Waals surface area (Å²) in [5.74, 6) is 1.82. The molecule has 0 N–H and O–H groups in total. The van der Waals surface area contributed by atoms with E-state index in [1.807, 2.05) is 6.07 Å². The second-order valence-electron chi connectivity index (χ2n) is 6.07. The summed E-state index contributed by atoms with van der Waals surface area (Å²) in [4.78, 5) is 11.5. The van der Waals surface area contributed by atoms with Gasteiger partial charge in [0.05, 0.1) is 6.61 Å². The molecule has 5 heteroatoms. The zero-order valence-corrected chi connectivity index (χ0v) is 15.0. The Labute approximate surface area is 131 Å². The molecule has 1 heterocycles. The Kier molecular flexibility index (Phi) is 6.40. The number of ether oxygens (including phenoxy) is 1. The number of halogens is 1. The van der Waals surface area contributed by atoms with Gasteiger partial charge in [-0.1, -0.05) is 27.7 Å². The fourth-order valence-corrected chi connectivity index (χ4v) is 2.23. The van der Waals surface area contributed by atoms with Crippen molar-refractivity contribution >= 4 is 21.7 Å². The van der Waals surface area contributed by atoms with Gasteiger partial charge in [0, 0.05) is 31.2 Å². The maximum atomic E-state index is 5.22. The highest BCUT2D eigenvalue weighted by Gasteiger charge is 2.22. The molecule has 1 atom stereocenters. The third-order valence-electron chi connectivity index (χ3n) is 3.31. The van der Waals surface area contributed by atoms with Crippen LogP contribution in [0.3, 0.4) is 0 Å². The first-order chi connectivity index (χ1) is 9.29. The van der Waals surface area contributed by atoms with E-state index in [0.717, 1.165) is 29.2 Å². The smallest absolute Gasteiger partial charge is 0.137 e. The van der Waals surface area contributed by atoms with E-state index in [2.05, 4.69) is 60.4 Å². The summed E-state index contributed by atoms with van der Waals surface area (Å²) in [6.07, 6.45) is 1.07. The van der Waals surface area contributed by atoms with Crippen LogP contribution in [0.4, 0.5) is 5.82 Å². The van der Waals surface area contributed by atoms with E-state index >= 15 is 0 Å². The molecule has 0 spiro atoms. The summed E-state index contributed by atoms with van der Waals surface area (Å²) in [6, 6.07) is 2.40. The molecule has 0 bridgehead atoms. The molecule has 0 aliphatic rings. The Bertz CT molecular complexity index is 432. The van der Waals surface area contributed by atoms with Crippen LogP contribution in [0.15, 0.2) is 10.7 Å².